The van der Waals surface area contributed by atoms with E-state index in [0.29, 0.717) is 17.1 Å². The summed E-state index contributed by atoms with van der Waals surface area (Å²) in [7, 11) is 0. The van der Waals surface area contributed by atoms with Gasteiger partial charge in [-0.25, -0.2) is 0 Å². The fraction of sp³-hybridized carbons (Fsp3) is 0.400. The third kappa shape index (κ3) is 2.07. The van der Waals surface area contributed by atoms with Crippen LogP contribution in [0, 0.1) is 6.92 Å². The van der Waals surface area contributed by atoms with E-state index in [1.54, 1.807) is 6.92 Å². The monoisotopic (exact) mass is 292 g/mol. The molecule has 3 rings (SSSR count). The van der Waals surface area contributed by atoms with Gasteiger partial charge in [0.1, 0.15) is 39.9 Å². The van der Waals surface area contributed by atoms with Crippen molar-refractivity contribution in [3.8, 4) is 11.5 Å². The molecule has 0 amide bonds. The lowest BCUT2D eigenvalue weighted by Crippen LogP contribution is -2.45. The van der Waals surface area contributed by atoms with Crippen LogP contribution in [0.3, 0.4) is 0 Å². The molecule has 1 aromatic heterocycles. The van der Waals surface area contributed by atoms with Gasteiger partial charge in [-0.15, -0.1) is 0 Å². The predicted octanol–water partition coefficient (Wildman–Crippen LogP) is 0.854. The quantitative estimate of drug-likeness (QED) is 0.759. The number of aliphatic hydroxyl groups is 2. The van der Waals surface area contributed by atoms with Gasteiger partial charge in [0.05, 0.1) is 6.61 Å². The molecule has 1 aliphatic heterocycles. The third-order valence-electron chi connectivity index (χ3n) is 3.85. The molecule has 0 fully saturated rings. The molecular weight excluding hydrogens is 276 g/mol. The summed E-state index contributed by atoms with van der Waals surface area (Å²) in [5.41, 5.74) is -1.09. The van der Waals surface area contributed by atoms with Crippen molar-refractivity contribution in [1.29, 1.82) is 0 Å². The minimum Gasteiger partial charge on any atom is -0.507 e. The van der Waals surface area contributed by atoms with Crippen molar-refractivity contribution < 1.29 is 24.5 Å². The van der Waals surface area contributed by atoms with E-state index in [-0.39, 0.29) is 28.6 Å². The zero-order valence-electron chi connectivity index (χ0n) is 11.7. The van der Waals surface area contributed by atoms with Crippen LogP contribution in [-0.4, -0.2) is 33.6 Å². The Morgan fingerprint density at radius 1 is 1.43 bits per heavy atom. The maximum absolute atomic E-state index is 12.0. The number of aliphatic hydroxyl groups excluding tert-OH is 1. The van der Waals surface area contributed by atoms with E-state index in [1.807, 2.05) is 0 Å². The van der Waals surface area contributed by atoms with E-state index >= 15 is 0 Å². The van der Waals surface area contributed by atoms with Gasteiger partial charge in [-0.05, 0) is 13.8 Å². The van der Waals surface area contributed by atoms with Crippen LogP contribution in [0.15, 0.2) is 21.3 Å². The molecule has 0 radical (unpaired) electrons. The zero-order valence-corrected chi connectivity index (χ0v) is 11.7. The van der Waals surface area contributed by atoms with Gasteiger partial charge in [0.15, 0.2) is 5.43 Å². The van der Waals surface area contributed by atoms with Crippen LogP contribution in [0.5, 0.6) is 11.5 Å². The third-order valence-corrected chi connectivity index (χ3v) is 3.85. The number of hydrogen-bond acceptors (Lipinski definition) is 6. The molecule has 0 spiro atoms. The lowest BCUT2D eigenvalue weighted by Gasteiger charge is -2.26. The van der Waals surface area contributed by atoms with E-state index in [0.717, 1.165) is 0 Å². The summed E-state index contributed by atoms with van der Waals surface area (Å²) in [6.07, 6.45) is -0.491. The number of phenols is 1. The van der Waals surface area contributed by atoms with Gasteiger partial charge in [0.25, 0.3) is 0 Å². The Hall–Kier alpha value is -2.05. The molecule has 6 heteroatoms. The average Bonchev–Trinajstić information content (AvgIpc) is 2.83. The number of ether oxygens (including phenoxy) is 1. The maximum atomic E-state index is 12.0. The molecule has 2 atom stereocenters. The molecule has 112 valence electrons. The Labute approximate surface area is 120 Å². The number of aromatic hydroxyl groups is 1. The first kappa shape index (κ1) is 13.9. The van der Waals surface area contributed by atoms with Crippen LogP contribution in [-0.2, 0) is 6.42 Å². The molecule has 1 aromatic carbocycles. The number of hydrogen-bond donors (Lipinski definition) is 3. The highest BCUT2D eigenvalue weighted by Gasteiger charge is 2.40. The molecule has 2 unspecified atom stereocenters. The Bertz CT molecular complexity index is 774. The Kier molecular flexibility index (Phi) is 2.96. The summed E-state index contributed by atoms with van der Waals surface area (Å²) in [6, 6.07) is 2.85. The topological polar surface area (TPSA) is 100 Å². The molecule has 0 aliphatic carbocycles. The van der Waals surface area contributed by atoms with Crippen molar-refractivity contribution in [1.82, 2.24) is 0 Å². The standard InChI is InChI=1S/C15H16O6/c1-7-3-9(17)13-11(20-7)5-10-8(14(13)18)4-12(21-10)15(2,19)6-16/h3,5,12,16,18-19H,4,6H2,1-2H3. The van der Waals surface area contributed by atoms with Crippen LogP contribution in [0.4, 0.5) is 0 Å². The maximum Gasteiger partial charge on any atom is 0.196 e. The molecule has 21 heavy (non-hydrogen) atoms. The summed E-state index contributed by atoms with van der Waals surface area (Å²) >= 11 is 0. The molecule has 1 aliphatic rings. The minimum atomic E-state index is -1.44. The Morgan fingerprint density at radius 3 is 2.81 bits per heavy atom. The van der Waals surface area contributed by atoms with E-state index in [2.05, 4.69) is 0 Å². The first-order chi connectivity index (χ1) is 9.83. The van der Waals surface area contributed by atoms with Crippen LogP contribution < -0.4 is 10.2 Å². The number of fused-ring (bicyclic) bond motifs is 2. The Balaban J connectivity index is 2.18. The molecule has 2 aromatic rings. The van der Waals surface area contributed by atoms with Crippen LogP contribution in [0.25, 0.3) is 11.0 Å². The number of benzene rings is 1. The fourth-order valence-electron chi connectivity index (χ4n) is 2.57. The van der Waals surface area contributed by atoms with Crippen LogP contribution in [0.1, 0.15) is 18.2 Å². The molecule has 0 saturated heterocycles. The molecule has 6 nitrogen and oxygen atoms in total. The summed E-state index contributed by atoms with van der Waals surface area (Å²) < 4.78 is 11.0. The van der Waals surface area contributed by atoms with Crippen molar-refractivity contribution in [2.75, 3.05) is 6.61 Å². The van der Waals surface area contributed by atoms with Gasteiger partial charge in [0, 0.05) is 24.1 Å². The Morgan fingerprint density at radius 2 is 2.14 bits per heavy atom. The zero-order chi connectivity index (χ0) is 15.4. The number of rotatable bonds is 2. The van der Waals surface area contributed by atoms with E-state index in [4.69, 9.17) is 9.15 Å². The first-order valence-corrected chi connectivity index (χ1v) is 6.62. The number of aryl methyl sites for hydroxylation is 1. The highest BCUT2D eigenvalue weighted by atomic mass is 16.5. The first-order valence-electron chi connectivity index (χ1n) is 6.62. The SMILES string of the molecule is Cc1cc(=O)c2c(O)c3c(cc2o1)OC(C(C)(O)CO)C3. The van der Waals surface area contributed by atoms with Gasteiger partial charge in [-0.3, -0.25) is 4.79 Å². The summed E-state index contributed by atoms with van der Waals surface area (Å²) in [5.74, 6) is 0.601. The minimum absolute atomic E-state index is 0.104. The van der Waals surface area contributed by atoms with Gasteiger partial charge in [0.2, 0.25) is 0 Å². The van der Waals surface area contributed by atoms with Crippen molar-refractivity contribution in [3.63, 3.8) is 0 Å². The molecule has 0 bridgehead atoms. The predicted molar refractivity (Wildman–Crippen MR) is 74.7 cm³/mol. The summed E-state index contributed by atoms with van der Waals surface area (Å²) in [6.45, 7) is 2.63. The van der Waals surface area contributed by atoms with Crippen molar-refractivity contribution >= 4 is 11.0 Å². The summed E-state index contributed by atoms with van der Waals surface area (Å²) in [5, 5.41) is 29.7. The molecule has 0 saturated carbocycles. The van der Waals surface area contributed by atoms with Gasteiger partial charge in [-0.1, -0.05) is 0 Å². The number of phenolic OH excluding ortho intramolecular Hbond substituents is 1. The van der Waals surface area contributed by atoms with Crippen molar-refractivity contribution in [2.24, 2.45) is 0 Å². The van der Waals surface area contributed by atoms with Gasteiger partial charge in [-0.2, -0.15) is 0 Å². The van der Waals surface area contributed by atoms with E-state index < -0.39 is 18.3 Å². The van der Waals surface area contributed by atoms with Gasteiger partial charge < -0.3 is 24.5 Å². The molecular formula is C15H16O6. The highest BCUT2D eigenvalue weighted by Crippen LogP contribution is 2.42. The second-order valence-corrected chi connectivity index (χ2v) is 5.62. The van der Waals surface area contributed by atoms with E-state index in [1.165, 1.54) is 19.1 Å². The smallest absolute Gasteiger partial charge is 0.196 e. The second-order valence-electron chi connectivity index (χ2n) is 5.62. The fourth-order valence-corrected chi connectivity index (χ4v) is 2.57. The van der Waals surface area contributed by atoms with Crippen molar-refractivity contribution in [2.45, 2.75) is 32.0 Å². The second kappa shape index (κ2) is 4.47. The lowest BCUT2D eigenvalue weighted by atomic mass is 9.95. The molecule has 2 heterocycles. The van der Waals surface area contributed by atoms with Crippen molar-refractivity contribution in [3.05, 3.63) is 33.7 Å². The average molecular weight is 292 g/mol. The largest absolute Gasteiger partial charge is 0.507 e. The van der Waals surface area contributed by atoms with Gasteiger partial charge >= 0.3 is 0 Å². The van der Waals surface area contributed by atoms with Crippen LogP contribution in [0.2, 0.25) is 0 Å². The van der Waals surface area contributed by atoms with Crippen LogP contribution >= 0.6 is 0 Å². The highest BCUT2D eigenvalue weighted by molar-refractivity contribution is 5.87. The summed E-state index contributed by atoms with van der Waals surface area (Å²) in [4.78, 5) is 12.0. The van der Waals surface area contributed by atoms with E-state index in [9.17, 15) is 20.1 Å². The normalized spacial score (nSPS) is 20.1. The lowest BCUT2D eigenvalue weighted by molar-refractivity contribution is -0.0729. The molecule has 3 N–H and O–H groups in total.